The lowest BCUT2D eigenvalue weighted by Crippen LogP contribution is -2.50. The van der Waals surface area contributed by atoms with Gasteiger partial charge < -0.3 is 14.5 Å². The lowest BCUT2D eigenvalue weighted by molar-refractivity contribution is 0.0534. The van der Waals surface area contributed by atoms with Crippen LogP contribution in [-0.4, -0.2) is 57.8 Å². The van der Waals surface area contributed by atoms with Crippen LogP contribution in [0.2, 0.25) is 0 Å². The maximum atomic E-state index is 13.0. The number of aryl methyl sites for hydroxylation is 1. The molecule has 2 aromatic carbocycles. The number of carbonyl (C=O) groups is 2. The van der Waals surface area contributed by atoms with Crippen LogP contribution in [0.15, 0.2) is 84.0 Å². The number of fused-ring (bicyclic) bond motifs is 1. The first kappa shape index (κ1) is 22.9. The minimum atomic E-state index is -0.0305. The molecule has 5 rings (SSSR count). The molecular formula is C27H25N5O2S. The summed E-state index contributed by atoms with van der Waals surface area (Å²) in [5.41, 5.74) is 3.83. The Balaban J connectivity index is 1.17. The maximum Gasteiger partial charge on any atom is 0.255 e. The van der Waals surface area contributed by atoms with Crippen LogP contribution in [0.3, 0.4) is 0 Å². The van der Waals surface area contributed by atoms with Gasteiger partial charge in [-0.3, -0.25) is 19.6 Å². The normalized spacial score (nSPS) is 13.6. The van der Waals surface area contributed by atoms with Gasteiger partial charge in [-0.05, 0) is 67.4 Å². The number of hydrogen-bond acceptors (Lipinski definition) is 6. The average Bonchev–Trinajstić information content (AvgIpc) is 2.92. The van der Waals surface area contributed by atoms with E-state index in [4.69, 9.17) is 0 Å². The molecule has 0 saturated carbocycles. The van der Waals surface area contributed by atoms with Crippen LogP contribution in [0.1, 0.15) is 26.4 Å². The first-order valence-corrected chi connectivity index (χ1v) is 12.3. The van der Waals surface area contributed by atoms with E-state index in [9.17, 15) is 9.59 Å². The minimum absolute atomic E-state index is 0.0212. The Morgan fingerprint density at radius 2 is 1.46 bits per heavy atom. The van der Waals surface area contributed by atoms with Crippen molar-refractivity contribution in [1.29, 1.82) is 0 Å². The quantitative estimate of drug-likeness (QED) is 0.416. The van der Waals surface area contributed by atoms with Gasteiger partial charge in [-0.2, -0.15) is 0 Å². The number of piperazine rings is 1. The van der Waals surface area contributed by atoms with E-state index < -0.39 is 0 Å². The van der Waals surface area contributed by atoms with Crippen molar-refractivity contribution in [2.75, 3.05) is 30.9 Å². The molecule has 4 aromatic rings. The molecule has 0 radical (unpaired) electrons. The second-order valence-corrected chi connectivity index (χ2v) is 9.18. The molecule has 1 aliphatic heterocycles. The molecule has 0 spiro atoms. The molecular weight excluding hydrogens is 458 g/mol. The van der Waals surface area contributed by atoms with Crippen molar-refractivity contribution >= 4 is 40.4 Å². The zero-order valence-corrected chi connectivity index (χ0v) is 20.2. The van der Waals surface area contributed by atoms with Gasteiger partial charge in [-0.15, -0.1) is 0 Å². The second kappa shape index (κ2) is 10.1. The third kappa shape index (κ3) is 4.97. The molecule has 176 valence electrons. The Bertz CT molecular complexity index is 1360. The van der Waals surface area contributed by atoms with E-state index in [1.807, 2.05) is 61.5 Å². The molecule has 1 N–H and O–H groups in total. The molecule has 1 fully saturated rings. The summed E-state index contributed by atoms with van der Waals surface area (Å²) in [6.45, 7) is 3.87. The fourth-order valence-electron chi connectivity index (χ4n) is 4.13. The van der Waals surface area contributed by atoms with E-state index in [1.54, 1.807) is 34.3 Å². The molecule has 2 amide bonds. The Labute approximate surface area is 208 Å². The summed E-state index contributed by atoms with van der Waals surface area (Å²) >= 11 is 1.50. The molecule has 0 bridgehead atoms. The van der Waals surface area contributed by atoms with Gasteiger partial charge in [0, 0.05) is 60.9 Å². The zero-order chi connectivity index (χ0) is 24.2. The number of anilines is 1. The highest BCUT2D eigenvalue weighted by Crippen LogP contribution is 2.27. The van der Waals surface area contributed by atoms with E-state index in [1.165, 1.54) is 11.9 Å². The molecule has 0 unspecified atom stereocenters. The number of carbonyl (C=O) groups excluding carboxylic acids is 2. The lowest BCUT2D eigenvalue weighted by atomic mass is 10.1. The smallest absolute Gasteiger partial charge is 0.255 e. The van der Waals surface area contributed by atoms with Crippen molar-refractivity contribution in [1.82, 2.24) is 19.8 Å². The number of benzene rings is 2. The zero-order valence-electron chi connectivity index (χ0n) is 19.3. The standard InChI is InChI=1S/C27H25N5O2S/c1-19-23(7-4-13-28-19)27(34)32-17-15-31(16-18-32)26(33)21-9-11-22(12-10-21)30-35-24-8-2-5-20-6-3-14-29-25(20)24/h2-14,30H,15-18H2,1H3. The van der Waals surface area contributed by atoms with Crippen molar-refractivity contribution in [3.05, 3.63) is 95.9 Å². The van der Waals surface area contributed by atoms with E-state index in [0.29, 0.717) is 37.3 Å². The fourth-order valence-corrected chi connectivity index (χ4v) is 4.91. The van der Waals surface area contributed by atoms with E-state index in [2.05, 4.69) is 14.7 Å². The highest BCUT2D eigenvalue weighted by molar-refractivity contribution is 8.00. The number of para-hydroxylation sites is 1. The fraction of sp³-hybridized carbons (Fsp3) is 0.185. The summed E-state index contributed by atoms with van der Waals surface area (Å²) in [5.74, 6) is -0.0517. The summed E-state index contributed by atoms with van der Waals surface area (Å²) in [6, 6.07) is 21.1. The van der Waals surface area contributed by atoms with Crippen LogP contribution in [0, 0.1) is 6.92 Å². The van der Waals surface area contributed by atoms with Gasteiger partial charge in [-0.25, -0.2) is 0 Å². The Hall–Kier alpha value is -3.91. The van der Waals surface area contributed by atoms with Crippen LogP contribution in [-0.2, 0) is 0 Å². The summed E-state index contributed by atoms with van der Waals surface area (Å²) in [5, 5.41) is 1.10. The van der Waals surface area contributed by atoms with Crippen LogP contribution >= 0.6 is 11.9 Å². The van der Waals surface area contributed by atoms with E-state index >= 15 is 0 Å². The monoisotopic (exact) mass is 483 g/mol. The van der Waals surface area contributed by atoms with Gasteiger partial charge in [0.2, 0.25) is 0 Å². The summed E-state index contributed by atoms with van der Waals surface area (Å²) in [6.07, 6.45) is 3.48. The molecule has 7 nitrogen and oxygen atoms in total. The summed E-state index contributed by atoms with van der Waals surface area (Å²) in [4.78, 5) is 39.2. The molecule has 1 aliphatic rings. The molecule has 1 saturated heterocycles. The SMILES string of the molecule is Cc1ncccc1C(=O)N1CCN(C(=O)c2ccc(NSc3cccc4cccnc34)cc2)CC1. The van der Waals surface area contributed by atoms with Crippen LogP contribution in [0.5, 0.6) is 0 Å². The molecule has 3 heterocycles. The van der Waals surface area contributed by atoms with Gasteiger partial charge in [0.1, 0.15) is 0 Å². The van der Waals surface area contributed by atoms with Gasteiger partial charge in [0.05, 0.1) is 16.0 Å². The largest absolute Gasteiger partial charge is 0.335 e. The molecule has 35 heavy (non-hydrogen) atoms. The van der Waals surface area contributed by atoms with Gasteiger partial charge in [0.25, 0.3) is 11.8 Å². The van der Waals surface area contributed by atoms with Crippen molar-refractivity contribution in [3.63, 3.8) is 0 Å². The lowest BCUT2D eigenvalue weighted by Gasteiger charge is -2.35. The number of rotatable bonds is 5. The molecule has 2 aromatic heterocycles. The third-order valence-corrected chi connectivity index (χ3v) is 6.98. The topological polar surface area (TPSA) is 78.4 Å². The van der Waals surface area contributed by atoms with E-state index in [0.717, 1.165) is 27.2 Å². The summed E-state index contributed by atoms with van der Waals surface area (Å²) < 4.78 is 3.34. The predicted octanol–water partition coefficient (Wildman–Crippen LogP) is 4.66. The molecule has 0 aliphatic carbocycles. The number of pyridine rings is 2. The average molecular weight is 484 g/mol. The van der Waals surface area contributed by atoms with Crippen molar-refractivity contribution < 1.29 is 9.59 Å². The highest BCUT2D eigenvalue weighted by atomic mass is 32.2. The molecule has 8 heteroatoms. The first-order valence-electron chi connectivity index (χ1n) is 11.5. The number of hydrogen-bond donors (Lipinski definition) is 1. The Morgan fingerprint density at radius 1 is 0.800 bits per heavy atom. The number of amides is 2. The predicted molar refractivity (Wildman–Crippen MR) is 138 cm³/mol. The number of aromatic nitrogens is 2. The first-order chi connectivity index (χ1) is 17.1. The van der Waals surface area contributed by atoms with Crippen LogP contribution in [0.25, 0.3) is 10.9 Å². The van der Waals surface area contributed by atoms with Crippen molar-refractivity contribution in [3.8, 4) is 0 Å². The van der Waals surface area contributed by atoms with Crippen LogP contribution < -0.4 is 4.72 Å². The third-order valence-electron chi connectivity index (χ3n) is 6.10. The summed E-state index contributed by atoms with van der Waals surface area (Å²) in [7, 11) is 0. The second-order valence-electron chi connectivity index (χ2n) is 8.33. The van der Waals surface area contributed by atoms with E-state index in [-0.39, 0.29) is 11.8 Å². The Morgan fingerprint density at radius 3 is 2.20 bits per heavy atom. The molecule has 0 atom stereocenters. The van der Waals surface area contributed by atoms with Gasteiger partial charge in [-0.1, -0.05) is 18.2 Å². The minimum Gasteiger partial charge on any atom is -0.335 e. The van der Waals surface area contributed by atoms with Gasteiger partial charge in [0.15, 0.2) is 0 Å². The van der Waals surface area contributed by atoms with Gasteiger partial charge >= 0.3 is 0 Å². The number of nitrogens with one attached hydrogen (secondary N) is 1. The van der Waals surface area contributed by atoms with Crippen molar-refractivity contribution in [2.24, 2.45) is 0 Å². The van der Waals surface area contributed by atoms with Crippen LogP contribution in [0.4, 0.5) is 5.69 Å². The van der Waals surface area contributed by atoms with Crippen molar-refractivity contribution in [2.45, 2.75) is 11.8 Å². The highest BCUT2D eigenvalue weighted by Gasteiger charge is 2.26. The maximum absolute atomic E-state index is 13.0. The number of nitrogens with zero attached hydrogens (tertiary/aromatic N) is 4. The Kier molecular flexibility index (Phi) is 6.63.